The predicted octanol–water partition coefficient (Wildman–Crippen LogP) is 2.95. The number of hydrogen-bond donors (Lipinski definition) is 1. The summed E-state index contributed by atoms with van der Waals surface area (Å²) >= 11 is 0. The van der Waals surface area contributed by atoms with Crippen LogP contribution in [0.3, 0.4) is 0 Å². The SMILES string of the molecule is COc1ccc(CN(C(=O)CCCN2C(=O)c3ccccc3S2(=O)=O)C(C)C(=O)NC(C)(C)C)cc1. The Morgan fingerprint density at radius 1 is 1.08 bits per heavy atom. The maximum atomic E-state index is 13.3. The highest BCUT2D eigenvalue weighted by molar-refractivity contribution is 7.90. The molecule has 0 aromatic heterocycles. The molecule has 0 fully saturated rings. The molecule has 0 saturated heterocycles. The van der Waals surface area contributed by atoms with Gasteiger partial charge in [0.2, 0.25) is 11.8 Å². The summed E-state index contributed by atoms with van der Waals surface area (Å²) < 4.78 is 31.6. The number of amides is 3. The zero-order chi connectivity index (χ0) is 26.7. The maximum absolute atomic E-state index is 13.3. The van der Waals surface area contributed by atoms with Gasteiger partial charge in [0.25, 0.3) is 15.9 Å². The fourth-order valence-electron chi connectivity index (χ4n) is 3.95. The van der Waals surface area contributed by atoms with Crippen molar-refractivity contribution in [1.82, 2.24) is 14.5 Å². The van der Waals surface area contributed by atoms with E-state index in [0.717, 1.165) is 9.87 Å². The van der Waals surface area contributed by atoms with Crippen molar-refractivity contribution in [3.8, 4) is 5.75 Å². The van der Waals surface area contributed by atoms with E-state index in [1.807, 2.05) is 32.9 Å². The van der Waals surface area contributed by atoms with E-state index in [4.69, 9.17) is 4.74 Å². The number of benzene rings is 2. The number of methoxy groups -OCH3 is 1. The van der Waals surface area contributed by atoms with Crippen LogP contribution < -0.4 is 10.1 Å². The Balaban J connectivity index is 1.72. The van der Waals surface area contributed by atoms with E-state index in [1.165, 1.54) is 17.0 Å². The van der Waals surface area contributed by atoms with E-state index in [9.17, 15) is 22.8 Å². The van der Waals surface area contributed by atoms with Gasteiger partial charge in [0, 0.05) is 25.0 Å². The van der Waals surface area contributed by atoms with Crippen molar-refractivity contribution in [1.29, 1.82) is 0 Å². The van der Waals surface area contributed by atoms with Crippen molar-refractivity contribution in [3.05, 3.63) is 59.7 Å². The third kappa shape index (κ3) is 6.04. The molecular weight excluding hydrogens is 482 g/mol. The summed E-state index contributed by atoms with van der Waals surface area (Å²) in [6.07, 6.45) is 0.101. The first-order valence-electron chi connectivity index (χ1n) is 11.8. The van der Waals surface area contributed by atoms with Gasteiger partial charge in [-0.25, -0.2) is 12.7 Å². The quantitative estimate of drug-likeness (QED) is 0.549. The minimum absolute atomic E-state index is 0.0186. The topological polar surface area (TPSA) is 113 Å². The first-order chi connectivity index (χ1) is 16.8. The van der Waals surface area contributed by atoms with Crippen molar-refractivity contribution < 1.29 is 27.5 Å². The monoisotopic (exact) mass is 515 g/mol. The number of nitrogens with one attached hydrogen (secondary N) is 1. The number of rotatable bonds is 9. The van der Waals surface area contributed by atoms with Crippen molar-refractivity contribution in [2.75, 3.05) is 13.7 Å². The van der Waals surface area contributed by atoms with Gasteiger partial charge in [-0.2, -0.15) is 0 Å². The number of nitrogens with zero attached hydrogens (tertiary/aromatic N) is 2. The highest BCUT2D eigenvalue weighted by Gasteiger charge is 2.40. The lowest BCUT2D eigenvalue weighted by atomic mass is 10.1. The van der Waals surface area contributed by atoms with Gasteiger partial charge >= 0.3 is 0 Å². The molecule has 36 heavy (non-hydrogen) atoms. The van der Waals surface area contributed by atoms with Gasteiger partial charge < -0.3 is 15.0 Å². The Kier molecular flexibility index (Phi) is 8.08. The molecule has 0 bridgehead atoms. The average Bonchev–Trinajstić information content (AvgIpc) is 3.02. The molecule has 3 rings (SSSR count). The molecule has 0 spiro atoms. The molecule has 1 unspecified atom stereocenters. The number of fused-ring (bicyclic) bond motifs is 1. The average molecular weight is 516 g/mol. The molecular formula is C26H33N3O6S. The van der Waals surface area contributed by atoms with Crippen molar-refractivity contribution in [2.24, 2.45) is 0 Å². The van der Waals surface area contributed by atoms with Crippen molar-refractivity contribution >= 4 is 27.7 Å². The molecule has 1 N–H and O–H groups in total. The molecule has 1 aliphatic rings. The Morgan fingerprint density at radius 2 is 1.72 bits per heavy atom. The second kappa shape index (κ2) is 10.7. The van der Waals surface area contributed by atoms with Crippen LogP contribution >= 0.6 is 0 Å². The van der Waals surface area contributed by atoms with Crippen LogP contribution in [0.4, 0.5) is 0 Å². The molecule has 10 heteroatoms. The zero-order valence-electron chi connectivity index (χ0n) is 21.3. The van der Waals surface area contributed by atoms with Crippen LogP contribution in [0.15, 0.2) is 53.4 Å². The Morgan fingerprint density at radius 3 is 2.31 bits per heavy atom. The summed E-state index contributed by atoms with van der Waals surface area (Å²) in [6.45, 7) is 7.30. The fraction of sp³-hybridized carbons (Fsp3) is 0.423. The van der Waals surface area contributed by atoms with Crippen molar-refractivity contribution in [2.45, 2.75) is 63.6 Å². The van der Waals surface area contributed by atoms with Gasteiger partial charge in [-0.05, 0) is 63.9 Å². The highest BCUT2D eigenvalue weighted by Crippen LogP contribution is 2.30. The molecule has 2 aromatic rings. The Bertz CT molecular complexity index is 1240. The zero-order valence-corrected chi connectivity index (χ0v) is 22.1. The van der Waals surface area contributed by atoms with Gasteiger partial charge in [-0.1, -0.05) is 24.3 Å². The normalized spacial score (nSPS) is 15.2. The maximum Gasteiger partial charge on any atom is 0.269 e. The molecule has 1 aliphatic heterocycles. The lowest BCUT2D eigenvalue weighted by Gasteiger charge is -2.31. The Labute approximate surface area is 212 Å². The van der Waals surface area contributed by atoms with Gasteiger partial charge in [0.1, 0.15) is 16.7 Å². The van der Waals surface area contributed by atoms with Crippen LogP contribution in [-0.4, -0.2) is 60.6 Å². The van der Waals surface area contributed by atoms with Crippen LogP contribution in [0.25, 0.3) is 0 Å². The van der Waals surface area contributed by atoms with Gasteiger partial charge in [-0.15, -0.1) is 0 Å². The molecule has 9 nitrogen and oxygen atoms in total. The number of hydrogen-bond acceptors (Lipinski definition) is 6. The summed E-state index contributed by atoms with van der Waals surface area (Å²) in [6, 6.07) is 12.5. The van der Waals surface area contributed by atoms with Crippen LogP contribution in [-0.2, 0) is 26.2 Å². The van der Waals surface area contributed by atoms with Gasteiger partial charge in [0.05, 0.1) is 12.7 Å². The first-order valence-corrected chi connectivity index (χ1v) is 13.2. The number of carbonyl (C=O) groups excluding carboxylic acids is 3. The molecule has 2 aromatic carbocycles. The molecule has 194 valence electrons. The van der Waals surface area contributed by atoms with E-state index in [0.29, 0.717) is 5.75 Å². The van der Waals surface area contributed by atoms with E-state index in [2.05, 4.69) is 5.32 Å². The van der Waals surface area contributed by atoms with Gasteiger partial charge in [0.15, 0.2) is 0 Å². The van der Waals surface area contributed by atoms with E-state index in [1.54, 1.807) is 38.3 Å². The molecule has 0 saturated carbocycles. The molecule has 0 aliphatic carbocycles. The van der Waals surface area contributed by atoms with Crippen LogP contribution in [0.5, 0.6) is 5.75 Å². The first kappa shape index (κ1) is 27.2. The molecule has 1 heterocycles. The minimum Gasteiger partial charge on any atom is -0.497 e. The Hall–Kier alpha value is -3.40. The van der Waals surface area contributed by atoms with E-state index < -0.39 is 27.5 Å². The lowest BCUT2D eigenvalue weighted by Crippen LogP contribution is -2.52. The molecule has 3 amide bonds. The molecule has 0 radical (unpaired) electrons. The second-order valence-electron chi connectivity index (χ2n) is 9.77. The standard InChI is InChI=1S/C26H33N3O6S/c1-18(24(31)27-26(2,3)4)28(17-19-12-14-20(35-5)15-13-19)23(30)11-8-16-29-25(32)21-9-6-7-10-22(21)36(29,33)34/h6-7,9-10,12-15,18H,8,11,16-17H2,1-5H3,(H,27,31). The van der Waals surface area contributed by atoms with E-state index in [-0.39, 0.29) is 48.2 Å². The third-order valence-corrected chi connectivity index (χ3v) is 7.68. The van der Waals surface area contributed by atoms with Crippen LogP contribution in [0.1, 0.15) is 56.5 Å². The minimum atomic E-state index is -3.94. The number of ether oxygens (including phenoxy) is 1. The number of carbonyl (C=O) groups is 3. The van der Waals surface area contributed by atoms with E-state index >= 15 is 0 Å². The second-order valence-corrected chi connectivity index (χ2v) is 11.6. The smallest absolute Gasteiger partial charge is 0.269 e. The molecule has 1 atom stereocenters. The summed E-state index contributed by atoms with van der Waals surface area (Å²) in [4.78, 5) is 40.2. The summed E-state index contributed by atoms with van der Waals surface area (Å²) in [5.41, 5.74) is 0.476. The fourth-order valence-corrected chi connectivity index (χ4v) is 5.56. The van der Waals surface area contributed by atoms with Crippen molar-refractivity contribution in [3.63, 3.8) is 0 Å². The lowest BCUT2D eigenvalue weighted by molar-refractivity contribution is -0.141. The number of sulfonamides is 1. The third-order valence-electron chi connectivity index (χ3n) is 5.84. The predicted molar refractivity (Wildman–Crippen MR) is 135 cm³/mol. The summed E-state index contributed by atoms with van der Waals surface area (Å²) in [5.74, 6) is -0.528. The summed E-state index contributed by atoms with van der Waals surface area (Å²) in [7, 11) is -2.37. The largest absolute Gasteiger partial charge is 0.497 e. The summed E-state index contributed by atoms with van der Waals surface area (Å²) in [5, 5.41) is 2.90. The van der Waals surface area contributed by atoms with Crippen LogP contribution in [0.2, 0.25) is 0 Å². The van der Waals surface area contributed by atoms with Crippen LogP contribution in [0, 0.1) is 0 Å². The highest BCUT2D eigenvalue weighted by atomic mass is 32.2. The van der Waals surface area contributed by atoms with Gasteiger partial charge in [-0.3, -0.25) is 14.4 Å².